The fraction of sp³-hybridized carbons (Fsp3) is 0.647. The molecule has 0 aliphatic carbocycles. The number of likely N-dealkylation sites (N-methyl/N-ethyl adjacent to an activating group) is 1. The predicted octanol–water partition coefficient (Wildman–Crippen LogP) is 1.49. The van der Waals surface area contributed by atoms with Gasteiger partial charge in [-0.3, -0.25) is 14.7 Å². The summed E-state index contributed by atoms with van der Waals surface area (Å²) in [5.74, 6) is -2.76. The van der Waals surface area contributed by atoms with Gasteiger partial charge in [0.1, 0.15) is 5.69 Å². The lowest BCUT2D eigenvalue weighted by Crippen LogP contribution is -2.63. The maximum absolute atomic E-state index is 13.8. The maximum atomic E-state index is 13.8. The van der Waals surface area contributed by atoms with Gasteiger partial charge in [-0.2, -0.15) is 0 Å². The van der Waals surface area contributed by atoms with Crippen LogP contribution in [-0.4, -0.2) is 83.9 Å². The number of pyridine rings is 1. The highest BCUT2D eigenvalue weighted by atomic mass is 19.3. The van der Waals surface area contributed by atoms with Gasteiger partial charge in [-0.1, -0.05) is 6.07 Å². The normalized spacial score (nSPS) is 24.4. The minimum absolute atomic E-state index is 0.0118. The van der Waals surface area contributed by atoms with Crippen molar-refractivity contribution in [3.8, 4) is 0 Å². The molecule has 7 heteroatoms. The van der Waals surface area contributed by atoms with E-state index in [1.165, 1.54) is 0 Å². The third-order valence-corrected chi connectivity index (χ3v) is 4.74. The molecule has 0 unspecified atom stereocenters. The van der Waals surface area contributed by atoms with E-state index in [2.05, 4.69) is 4.98 Å². The van der Waals surface area contributed by atoms with Crippen LogP contribution in [0.4, 0.5) is 8.78 Å². The van der Waals surface area contributed by atoms with Gasteiger partial charge in [0.25, 0.3) is 11.8 Å². The minimum atomic E-state index is -2.64. The third kappa shape index (κ3) is 3.57. The lowest BCUT2D eigenvalue weighted by Gasteiger charge is -2.46. The third-order valence-electron chi connectivity index (χ3n) is 4.74. The predicted molar refractivity (Wildman–Crippen MR) is 87.3 cm³/mol. The van der Waals surface area contributed by atoms with Gasteiger partial charge in [0, 0.05) is 44.3 Å². The van der Waals surface area contributed by atoms with Gasteiger partial charge in [-0.05, 0) is 32.6 Å². The number of nitrogens with zero attached hydrogens (tertiary/aromatic N) is 4. The molecule has 0 spiro atoms. The lowest BCUT2D eigenvalue weighted by atomic mass is 10.0. The van der Waals surface area contributed by atoms with Gasteiger partial charge in [0.2, 0.25) is 0 Å². The monoisotopic (exact) mass is 338 g/mol. The molecule has 1 atom stereocenters. The quantitative estimate of drug-likeness (QED) is 0.834. The first-order valence-electron chi connectivity index (χ1n) is 8.25. The van der Waals surface area contributed by atoms with E-state index < -0.39 is 5.92 Å². The number of halogens is 2. The molecule has 1 amide bonds. The average molecular weight is 338 g/mol. The van der Waals surface area contributed by atoms with Crippen LogP contribution >= 0.6 is 0 Å². The number of alkyl halides is 2. The molecule has 0 bridgehead atoms. The second kappa shape index (κ2) is 6.37. The number of carbonyl (C=O) groups is 1. The molecular weight excluding hydrogens is 314 g/mol. The van der Waals surface area contributed by atoms with E-state index in [0.29, 0.717) is 25.3 Å². The SMILES string of the molecule is Cc1ccc(C(=O)N2CC(N3CC(F)(F)C[C@H]3CN(C)C)C2)nc1. The topological polar surface area (TPSA) is 39.7 Å². The van der Waals surface area contributed by atoms with Crippen molar-refractivity contribution < 1.29 is 13.6 Å². The second-order valence-electron chi connectivity index (χ2n) is 7.23. The van der Waals surface area contributed by atoms with Gasteiger partial charge in [0.15, 0.2) is 0 Å². The van der Waals surface area contributed by atoms with Crippen LogP contribution in [0.2, 0.25) is 0 Å². The molecule has 5 nitrogen and oxygen atoms in total. The molecule has 2 fully saturated rings. The molecule has 1 aromatic rings. The van der Waals surface area contributed by atoms with E-state index in [4.69, 9.17) is 0 Å². The van der Waals surface area contributed by atoms with Gasteiger partial charge in [0.05, 0.1) is 6.54 Å². The van der Waals surface area contributed by atoms with Gasteiger partial charge >= 0.3 is 0 Å². The van der Waals surface area contributed by atoms with Gasteiger partial charge < -0.3 is 9.80 Å². The van der Waals surface area contributed by atoms with Crippen molar-refractivity contribution in [3.63, 3.8) is 0 Å². The Balaban J connectivity index is 1.60. The molecule has 0 N–H and O–H groups in total. The van der Waals surface area contributed by atoms with Crippen molar-refractivity contribution in [1.82, 2.24) is 19.7 Å². The Morgan fingerprint density at radius 1 is 1.38 bits per heavy atom. The summed E-state index contributed by atoms with van der Waals surface area (Å²) >= 11 is 0. The summed E-state index contributed by atoms with van der Waals surface area (Å²) in [6.07, 6.45) is 1.56. The molecule has 1 aromatic heterocycles. The molecule has 2 saturated heterocycles. The summed E-state index contributed by atoms with van der Waals surface area (Å²) in [5, 5.41) is 0. The fourth-order valence-corrected chi connectivity index (χ4v) is 3.53. The summed E-state index contributed by atoms with van der Waals surface area (Å²) in [4.78, 5) is 22.0. The van der Waals surface area contributed by atoms with Crippen LogP contribution in [0.5, 0.6) is 0 Å². The number of aromatic nitrogens is 1. The zero-order chi connectivity index (χ0) is 17.5. The zero-order valence-corrected chi connectivity index (χ0v) is 14.4. The van der Waals surface area contributed by atoms with Crippen molar-refractivity contribution >= 4 is 5.91 Å². The lowest BCUT2D eigenvalue weighted by molar-refractivity contribution is -0.0116. The van der Waals surface area contributed by atoms with E-state index in [1.54, 1.807) is 17.2 Å². The number of rotatable bonds is 4. The van der Waals surface area contributed by atoms with Crippen LogP contribution in [0.25, 0.3) is 0 Å². The molecule has 0 radical (unpaired) electrons. The number of hydrogen-bond donors (Lipinski definition) is 0. The second-order valence-corrected chi connectivity index (χ2v) is 7.23. The summed E-state index contributed by atoms with van der Waals surface area (Å²) in [6.45, 7) is 3.31. The van der Waals surface area contributed by atoms with Crippen molar-refractivity contribution in [2.45, 2.75) is 31.4 Å². The van der Waals surface area contributed by atoms with Crippen molar-refractivity contribution in [2.24, 2.45) is 0 Å². The standard InChI is InChI=1S/C17H24F2N4O/c1-12-4-5-15(20-7-12)16(24)22-9-14(10-22)23-11-17(18,19)6-13(23)8-21(2)3/h4-5,7,13-14H,6,8-11H2,1-3H3/t13-/m0/s1. The summed E-state index contributed by atoms with van der Waals surface area (Å²) in [7, 11) is 3.79. The Morgan fingerprint density at radius 3 is 2.67 bits per heavy atom. The first-order chi connectivity index (χ1) is 11.2. The average Bonchev–Trinajstić information content (AvgIpc) is 2.71. The Bertz CT molecular complexity index is 599. The van der Waals surface area contributed by atoms with Crippen molar-refractivity contribution in [2.75, 3.05) is 40.3 Å². The molecule has 0 saturated carbocycles. The van der Waals surface area contributed by atoms with E-state index in [0.717, 1.165) is 5.56 Å². The summed E-state index contributed by atoms with van der Waals surface area (Å²) in [6, 6.07) is 3.42. The van der Waals surface area contributed by atoms with Crippen LogP contribution in [-0.2, 0) is 0 Å². The van der Waals surface area contributed by atoms with Gasteiger partial charge in [-0.15, -0.1) is 0 Å². The molecule has 2 aliphatic heterocycles. The van der Waals surface area contributed by atoms with Crippen molar-refractivity contribution in [1.29, 1.82) is 0 Å². The van der Waals surface area contributed by atoms with E-state index in [1.807, 2.05) is 36.9 Å². The first kappa shape index (κ1) is 17.2. The molecular formula is C17H24F2N4O. The van der Waals surface area contributed by atoms with E-state index in [-0.39, 0.29) is 31.0 Å². The molecule has 0 aromatic carbocycles. The number of carbonyl (C=O) groups excluding carboxylic acids is 1. The molecule has 3 rings (SSSR count). The molecule has 2 aliphatic rings. The minimum Gasteiger partial charge on any atom is -0.334 e. The number of aryl methyl sites for hydroxylation is 1. The van der Waals surface area contributed by atoms with Crippen molar-refractivity contribution in [3.05, 3.63) is 29.6 Å². The summed E-state index contributed by atoms with van der Waals surface area (Å²) < 4.78 is 27.6. The first-order valence-corrected chi connectivity index (χ1v) is 8.25. The Labute approximate surface area is 141 Å². The highest BCUT2D eigenvalue weighted by molar-refractivity contribution is 5.92. The van der Waals surface area contributed by atoms with Crippen LogP contribution < -0.4 is 0 Å². The van der Waals surface area contributed by atoms with Crippen LogP contribution in [0, 0.1) is 6.92 Å². The molecule has 3 heterocycles. The van der Waals surface area contributed by atoms with Crippen LogP contribution in [0.1, 0.15) is 22.5 Å². The largest absolute Gasteiger partial charge is 0.334 e. The van der Waals surface area contributed by atoms with E-state index in [9.17, 15) is 13.6 Å². The smallest absolute Gasteiger partial charge is 0.272 e. The van der Waals surface area contributed by atoms with E-state index >= 15 is 0 Å². The highest BCUT2D eigenvalue weighted by Gasteiger charge is 2.50. The van der Waals surface area contributed by atoms with Crippen LogP contribution in [0.15, 0.2) is 18.3 Å². The molecule has 24 heavy (non-hydrogen) atoms. The Kier molecular flexibility index (Phi) is 4.57. The number of likely N-dealkylation sites (tertiary alicyclic amines) is 2. The Morgan fingerprint density at radius 2 is 2.08 bits per heavy atom. The number of hydrogen-bond acceptors (Lipinski definition) is 4. The van der Waals surface area contributed by atoms with Crippen LogP contribution in [0.3, 0.4) is 0 Å². The maximum Gasteiger partial charge on any atom is 0.272 e. The fourth-order valence-electron chi connectivity index (χ4n) is 3.53. The Hall–Kier alpha value is -1.60. The number of amides is 1. The zero-order valence-electron chi connectivity index (χ0n) is 14.4. The molecule has 132 valence electrons. The highest BCUT2D eigenvalue weighted by Crippen LogP contribution is 2.35. The summed E-state index contributed by atoms with van der Waals surface area (Å²) in [5.41, 5.74) is 1.41. The van der Waals surface area contributed by atoms with Gasteiger partial charge in [-0.25, -0.2) is 8.78 Å².